The number of rotatable bonds is 4. The Bertz CT molecular complexity index is 2400. The van der Waals surface area contributed by atoms with Gasteiger partial charge in [-0.2, -0.15) is 0 Å². The molecule has 0 saturated carbocycles. The second kappa shape index (κ2) is 9.77. The highest BCUT2D eigenvalue weighted by molar-refractivity contribution is 7.25. The number of anilines is 3. The van der Waals surface area contributed by atoms with Gasteiger partial charge in [0.25, 0.3) is 0 Å². The van der Waals surface area contributed by atoms with Crippen LogP contribution in [0.4, 0.5) is 17.1 Å². The second-order valence-electron chi connectivity index (χ2n) is 10.8. The van der Waals surface area contributed by atoms with Crippen molar-refractivity contribution in [3.05, 3.63) is 146 Å². The summed E-state index contributed by atoms with van der Waals surface area (Å²) in [7, 11) is 0. The molecule has 9 rings (SSSR count). The molecule has 43 heavy (non-hydrogen) atoms. The van der Waals surface area contributed by atoms with Crippen LogP contribution < -0.4 is 4.90 Å². The van der Waals surface area contributed by atoms with Crippen LogP contribution in [0.15, 0.2) is 146 Å². The average Bonchev–Trinajstić information content (AvgIpc) is 3.68. The molecule has 2 heterocycles. The fraction of sp³-hybridized carbons (Fsp3) is 0. The summed E-state index contributed by atoms with van der Waals surface area (Å²) in [6.45, 7) is 0. The molecule has 2 aromatic heterocycles. The van der Waals surface area contributed by atoms with Gasteiger partial charge in [-0.15, -0.1) is 22.7 Å². The third-order valence-electron chi connectivity index (χ3n) is 8.26. The summed E-state index contributed by atoms with van der Waals surface area (Å²) in [4.78, 5) is 7.63. The molecule has 0 amide bonds. The molecule has 0 bridgehead atoms. The topological polar surface area (TPSA) is 16.1 Å². The van der Waals surface area contributed by atoms with Crippen molar-refractivity contribution in [1.29, 1.82) is 0 Å². The van der Waals surface area contributed by atoms with Crippen LogP contribution in [-0.4, -0.2) is 4.98 Å². The largest absolute Gasteiger partial charge is 0.310 e. The molecule has 0 aliphatic heterocycles. The van der Waals surface area contributed by atoms with Crippen molar-refractivity contribution in [3.63, 3.8) is 0 Å². The highest BCUT2D eigenvalue weighted by Crippen LogP contribution is 2.43. The molecule has 7 aromatic carbocycles. The molecule has 2 nitrogen and oxygen atoms in total. The second-order valence-corrected chi connectivity index (χ2v) is 12.9. The zero-order valence-corrected chi connectivity index (χ0v) is 24.7. The van der Waals surface area contributed by atoms with Crippen molar-refractivity contribution < 1.29 is 0 Å². The smallest absolute Gasteiger partial charge is 0.124 e. The van der Waals surface area contributed by atoms with Gasteiger partial charge >= 0.3 is 0 Å². The molecule has 0 N–H and O–H groups in total. The Morgan fingerprint density at radius 2 is 1.05 bits per heavy atom. The Morgan fingerprint density at radius 3 is 1.88 bits per heavy atom. The van der Waals surface area contributed by atoms with E-state index in [-0.39, 0.29) is 0 Å². The van der Waals surface area contributed by atoms with E-state index in [1.165, 1.54) is 46.4 Å². The first-order valence-electron chi connectivity index (χ1n) is 14.4. The SMILES string of the molecule is c1ccc(N(c2cccc(-c3nc4c5ccccc5c5ccccc5c4s3)c2)c2ccc3c(c2)sc2ccccc23)cc1. The molecular weight excluding hydrogens is 561 g/mol. The summed E-state index contributed by atoms with van der Waals surface area (Å²) in [5, 5.41) is 8.66. The van der Waals surface area contributed by atoms with E-state index >= 15 is 0 Å². The predicted molar refractivity (Wildman–Crippen MR) is 188 cm³/mol. The lowest BCUT2D eigenvalue weighted by atomic mass is 10.0. The highest BCUT2D eigenvalue weighted by Gasteiger charge is 2.18. The standard InChI is InChI=1S/C39H24N2S2/c1-2-12-26(13-3-1)41(28-21-22-32-31-17-8-9-20-35(31)42-36(32)24-28)27-14-10-11-25(23-27)39-40-37-33-18-6-4-15-29(33)30-16-5-7-19-34(30)38(37)43-39/h1-24H. The van der Waals surface area contributed by atoms with Gasteiger partial charge in [-0.3, -0.25) is 0 Å². The average molecular weight is 585 g/mol. The lowest BCUT2D eigenvalue weighted by Crippen LogP contribution is -2.09. The molecular formula is C39H24N2S2. The van der Waals surface area contributed by atoms with Gasteiger partial charge in [0.2, 0.25) is 0 Å². The van der Waals surface area contributed by atoms with Crippen molar-refractivity contribution >= 4 is 91.7 Å². The molecule has 4 heteroatoms. The van der Waals surface area contributed by atoms with E-state index in [0.29, 0.717) is 0 Å². The molecule has 0 aliphatic carbocycles. The molecule has 202 valence electrons. The van der Waals surface area contributed by atoms with Gasteiger partial charge in [0.15, 0.2) is 0 Å². The maximum absolute atomic E-state index is 5.27. The van der Waals surface area contributed by atoms with Crippen LogP contribution in [-0.2, 0) is 0 Å². The maximum Gasteiger partial charge on any atom is 0.124 e. The summed E-state index contributed by atoms with van der Waals surface area (Å²) in [5.41, 5.74) is 5.58. The van der Waals surface area contributed by atoms with Gasteiger partial charge in [-0.1, -0.05) is 103 Å². The van der Waals surface area contributed by atoms with Crippen LogP contribution in [0.1, 0.15) is 0 Å². The van der Waals surface area contributed by atoms with E-state index in [9.17, 15) is 0 Å². The van der Waals surface area contributed by atoms with E-state index < -0.39 is 0 Å². The van der Waals surface area contributed by atoms with Crippen LogP contribution in [0, 0.1) is 0 Å². The molecule has 9 aromatic rings. The first-order valence-corrected chi connectivity index (χ1v) is 16.0. The van der Waals surface area contributed by atoms with Gasteiger partial charge in [-0.05, 0) is 53.2 Å². The van der Waals surface area contributed by atoms with Gasteiger partial charge in [0.05, 0.1) is 10.2 Å². The third-order valence-corrected chi connectivity index (χ3v) is 10.5. The summed E-state index contributed by atoms with van der Waals surface area (Å²) in [5.74, 6) is 0. The van der Waals surface area contributed by atoms with Crippen molar-refractivity contribution in [2.24, 2.45) is 0 Å². The van der Waals surface area contributed by atoms with Crippen molar-refractivity contribution in [1.82, 2.24) is 4.98 Å². The summed E-state index contributed by atoms with van der Waals surface area (Å²) in [6, 6.07) is 52.3. The minimum Gasteiger partial charge on any atom is -0.310 e. The Morgan fingerprint density at radius 1 is 0.419 bits per heavy atom. The molecule has 0 spiro atoms. The monoisotopic (exact) mass is 584 g/mol. The molecule has 0 fully saturated rings. The molecule has 0 aliphatic rings. The minimum absolute atomic E-state index is 1.03. The summed E-state index contributed by atoms with van der Waals surface area (Å²) in [6.07, 6.45) is 0. The van der Waals surface area contributed by atoms with Gasteiger partial charge < -0.3 is 4.90 Å². The Labute approximate surface area is 256 Å². The van der Waals surface area contributed by atoms with E-state index in [2.05, 4.69) is 150 Å². The van der Waals surface area contributed by atoms with Crippen LogP contribution in [0.25, 0.3) is 62.5 Å². The quantitative estimate of drug-likeness (QED) is 0.191. The zero-order valence-electron chi connectivity index (χ0n) is 23.1. The van der Waals surface area contributed by atoms with E-state index in [1.807, 2.05) is 11.3 Å². The van der Waals surface area contributed by atoms with Crippen molar-refractivity contribution in [2.45, 2.75) is 0 Å². The Kier molecular flexibility index (Phi) is 5.58. The maximum atomic E-state index is 5.27. The number of nitrogens with zero attached hydrogens (tertiary/aromatic N) is 2. The number of benzene rings is 7. The van der Waals surface area contributed by atoms with Gasteiger partial charge in [0, 0.05) is 53.6 Å². The normalized spacial score (nSPS) is 11.7. The molecule has 0 radical (unpaired) electrons. The zero-order chi connectivity index (χ0) is 28.3. The van der Waals surface area contributed by atoms with E-state index in [0.717, 1.165) is 33.1 Å². The summed E-state index contributed by atoms with van der Waals surface area (Å²) >= 11 is 3.64. The molecule has 0 unspecified atom stereocenters. The van der Waals surface area contributed by atoms with Gasteiger partial charge in [-0.25, -0.2) is 4.98 Å². The number of hydrogen-bond donors (Lipinski definition) is 0. The minimum atomic E-state index is 1.03. The van der Waals surface area contributed by atoms with Crippen LogP contribution in [0.3, 0.4) is 0 Å². The number of para-hydroxylation sites is 1. The van der Waals surface area contributed by atoms with Crippen LogP contribution in [0.5, 0.6) is 0 Å². The van der Waals surface area contributed by atoms with Crippen molar-refractivity contribution in [2.75, 3.05) is 4.90 Å². The molecule has 0 atom stereocenters. The first kappa shape index (κ1) is 24.6. The van der Waals surface area contributed by atoms with E-state index in [1.54, 1.807) is 11.3 Å². The molecule has 0 saturated heterocycles. The van der Waals surface area contributed by atoms with Crippen LogP contribution >= 0.6 is 22.7 Å². The third kappa shape index (κ3) is 3.95. The highest BCUT2D eigenvalue weighted by atomic mass is 32.1. The fourth-order valence-corrected chi connectivity index (χ4v) is 8.56. The predicted octanol–water partition coefficient (Wildman–Crippen LogP) is 12.1. The van der Waals surface area contributed by atoms with Crippen LogP contribution in [0.2, 0.25) is 0 Å². The number of aromatic nitrogens is 1. The van der Waals surface area contributed by atoms with Crippen molar-refractivity contribution in [3.8, 4) is 10.6 Å². The number of thiophene rings is 1. The number of hydrogen-bond acceptors (Lipinski definition) is 4. The number of thiazole rings is 1. The lowest BCUT2D eigenvalue weighted by molar-refractivity contribution is 1.29. The Hall–Kier alpha value is -5.03. The summed E-state index contributed by atoms with van der Waals surface area (Å²) < 4.78 is 3.85. The number of fused-ring (bicyclic) bond motifs is 9. The van der Waals surface area contributed by atoms with Gasteiger partial charge in [0.1, 0.15) is 5.01 Å². The lowest BCUT2D eigenvalue weighted by Gasteiger charge is -2.26. The van der Waals surface area contributed by atoms with E-state index in [4.69, 9.17) is 4.98 Å². The fourth-order valence-electron chi connectivity index (χ4n) is 6.31. The Balaban J connectivity index is 1.23. The first-order chi connectivity index (χ1) is 21.3.